The van der Waals surface area contributed by atoms with Crippen LogP contribution in [0.4, 0.5) is 0 Å². The lowest BCUT2D eigenvalue weighted by Crippen LogP contribution is -2.06. The number of nitrogens with zero attached hydrogens (tertiary/aromatic N) is 1. The van der Waals surface area contributed by atoms with Crippen molar-refractivity contribution in [1.29, 1.82) is 0 Å². The third-order valence-corrected chi connectivity index (χ3v) is 2.34. The molecule has 1 atom stereocenters. The quantitative estimate of drug-likeness (QED) is 0.575. The molecule has 0 bridgehead atoms. The molecule has 0 aliphatic heterocycles. The molecule has 1 heterocycles. The number of aliphatic hydroxyl groups is 1. The van der Waals surface area contributed by atoms with Crippen molar-refractivity contribution in [2.24, 2.45) is 5.73 Å². The first-order valence-corrected chi connectivity index (χ1v) is 4.27. The van der Waals surface area contributed by atoms with Gasteiger partial charge in [0.25, 0.3) is 0 Å². The van der Waals surface area contributed by atoms with E-state index in [-0.39, 0.29) is 6.10 Å². The monoisotopic (exact) mass is 167 g/mol. The first-order valence-electron chi connectivity index (χ1n) is 4.27. The second-order valence-electron chi connectivity index (χ2n) is 3.16. The number of rotatable bonds is 2. The smallest absolute Gasteiger partial charge is 0.0829 e. The summed E-state index contributed by atoms with van der Waals surface area (Å²) in [5.74, 6) is 0. The average molecular weight is 167 g/mol. The van der Waals surface area contributed by atoms with Crippen molar-refractivity contribution in [3.05, 3.63) is 17.0 Å². The van der Waals surface area contributed by atoms with Gasteiger partial charge < -0.3 is 10.8 Å². The number of nitrogens with one attached hydrogen (secondary N) is 1. The van der Waals surface area contributed by atoms with Gasteiger partial charge in [0.2, 0.25) is 0 Å². The van der Waals surface area contributed by atoms with Crippen molar-refractivity contribution in [1.82, 2.24) is 10.2 Å². The van der Waals surface area contributed by atoms with E-state index in [9.17, 15) is 5.11 Å². The van der Waals surface area contributed by atoms with E-state index in [1.54, 1.807) is 0 Å². The molecule has 2 rings (SSSR count). The van der Waals surface area contributed by atoms with Crippen LogP contribution in [0.2, 0.25) is 0 Å². The van der Waals surface area contributed by atoms with Gasteiger partial charge >= 0.3 is 0 Å². The van der Waals surface area contributed by atoms with Crippen LogP contribution >= 0.6 is 0 Å². The Labute approximate surface area is 70.8 Å². The number of aryl methyl sites for hydroxylation is 1. The van der Waals surface area contributed by atoms with Crippen LogP contribution in [0.5, 0.6) is 0 Å². The molecule has 1 unspecified atom stereocenters. The Hall–Kier alpha value is -0.870. The van der Waals surface area contributed by atoms with Crippen LogP contribution in [0.15, 0.2) is 0 Å². The van der Waals surface area contributed by atoms with Crippen molar-refractivity contribution < 1.29 is 5.11 Å². The van der Waals surface area contributed by atoms with E-state index >= 15 is 0 Å². The molecule has 1 aliphatic rings. The number of nitrogens with two attached hydrogens (primary N) is 1. The molecule has 1 aromatic rings. The Kier molecular flexibility index (Phi) is 1.86. The SMILES string of the molecule is NCCc1n[nH]c2c1C(O)CC2. The van der Waals surface area contributed by atoms with Gasteiger partial charge in [-0.1, -0.05) is 0 Å². The molecule has 4 nitrogen and oxygen atoms in total. The second-order valence-corrected chi connectivity index (χ2v) is 3.16. The average Bonchev–Trinajstić information content (AvgIpc) is 2.58. The molecule has 0 fully saturated rings. The highest BCUT2D eigenvalue weighted by Crippen LogP contribution is 2.31. The first-order chi connectivity index (χ1) is 5.83. The van der Waals surface area contributed by atoms with Crippen LogP contribution in [0.25, 0.3) is 0 Å². The topological polar surface area (TPSA) is 74.9 Å². The molecule has 0 saturated carbocycles. The Morgan fingerprint density at radius 3 is 3.25 bits per heavy atom. The molecule has 0 radical (unpaired) electrons. The van der Waals surface area contributed by atoms with Gasteiger partial charge in [-0.15, -0.1) is 0 Å². The summed E-state index contributed by atoms with van der Waals surface area (Å²) in [4.78, 5) is 0. The van der Waals surface area contributed by atoms with Crippen LogP contribution in [0.3, 0.4) is 0 Å². The van der Waals surface area contributed by atoms with Crippen molar-refractivity contribution in [3.8, 4) is 0 Å². The fraction of sp³-hybridized carbons (Fsp3) is 0.625. The largest absolute Gasteiger partial charge is 0.388 e. The van der Waals surface area contributed by atoms with Crippen LogP contribution in [0, 0.1) is 0 Å². The van der Waals surface area contributed by atoms with Gasteiger partial charge in [0.15, 0.2) is 0 Å². The number of hydrogen-bond donors (Lipinski definition) is 3. The van der Waals surface area contributed by atoms with E-state index in [4.69, 9.17) is 5.73 Å². The van der Waals surface area contributed by atoms with Crippen molar-refractivity contribution in [2.45, 2.75) is 25.4 Å². The minimum absolute atomic E-state index is 0.319. The Bertz CT molecular complexity index is 282. The lowest BCUT2D eigenvalue weighted by atomic mass is 10.1. The summed E-state index contributed by atoms with van der Waals surface area (Å²) < 4.78 is 0. The summed E-state index contributed by atoms with van der Waals surface area (Å²) in [5, 5.41) is 16.6. The minimum Gasteiger partial charge on any atom is -0.388 e. The third kappa shape index (κ3) is 1.04. The van der Waals surface area contributed by atoms with Crippen molar-refractivity contribution >= 4 is 0 Å². The van der Waals surface area contributed by atoms with Gasteiger partial charge in [0, 0.05) is 17.7 Å². The number of aromatic nitrogens is 2. The molecule has 1 aliphatic carbocycles. The van der Waals surface area contributed by atoms with Crippen LogP contribution in [-0.4, -0.2) is 21.8 Å². The summed E-state index contributed by atoms with van der Waals surface area (Å²) in [6.45, 7) is 0.587. The summed E-state index contributed by atoms with van der Waals surface area (Å²) in [5.41, 5.74) is 8.46. The normalized spacial score (nSPS) is 21.3. The predicted octanol–water partition coefficient (Wildman–Crippen LogP) is -0.110. The number of fused-ring (bicyclic) bond motifs is 1. The van der Waals surface area contributed by atoms with Gasteiger partial charge in [0.1, 0.15) is 0 Å². The molecule has 0 saturated heterocycles. The second kappa shape index (κ2) is 2.88. The fourth-order valence-electron chi connectivity index (χ4n) is 1.77. The van der Waals surface area contributed by atoms with E-state index in [0.717, 1.165) is 36.2 Å². The maximum absolute atomic E-state index is 9.58. The molecular formula is C8H13N3O. The third-order valence-electron chi connectivity index (χ3n) is 2.34. The molecule has 0 spiro atoms. The Morgan fingerprint density at radius 2 is 2.50 bits per heavy atom. The molecule has 0 amide bonds. The summed E-state index contributed by atoms with van der Waals surface area (Å²) in [6.07, 6.45) is 2.17. The van der Waals surface area contributed by atoms with Gasteiger partial charge in [-0.05, 0) is 19.4 Å². The summed E-state index contributed by atoms with van der Waals surface area (Å²) in [6, 6.07) is 0. The Morgan fingerprint density at radius 1 is 1.67 bits per heavy atom. The van der Waals surface area contributed by atoms with Gasteiger partial charge in [-0.25, -0.2) is 0 Å². The highest BCUT2D eigenvalue weighted by Gasteiger charge is 2.25. The van der Waals surface area contributed by atoms with Crippen LogP contribution < -0.4 is 5.73 Å². The highest BCUT2D eigenvalue weighted by atomic mass is 16.3. The number of aliphatic hydroxyl groups excluding tert-OH is 1. The lowest BCUT2D eigenvalue weighted by Gasteiger charge is -2.02. The van der Waals surface area contributed by atoms with E-state index in [0.29, 0.717) is 6.54 Å². The maximum Gasteiger partial charge on any atom is 0.0829 e. The van der Waals surface area contributed by atoms with Gasteiger partial charge in [-0.2, -0.15) is 5.10 Å². The summed E-state index contributed by atoms with van der Waals surface area (Å²) >= 11 is 0. The molecule has 12 heavy (non-hydrogen) atoms. The van der Waals surface area contributed by atoms with Gasteiger partial charge in [-0.3, -0.25) is 5.10 Å². The number of hydrogen-bond acceptors (Lipinski definition) is 3. The molecule has 4 N–H and O–H groups in total. The predicted molar refractivity (Wildman–Crippen MR) is 44.6 cm³/mol. The molecule has 66 valence electrons. The van der Waals surface area contributed by atoms with Crippen molar-refractivity contribution in [3.63, 3.8) is 0 Å². The highest BCUT2D eigenvalue weighted by molar-refractivity contribution is 5.32. The number of aromatic amines is 1. The van der Waals surface area contributed by atoms with E-state index < -0.39 is 0 Å². The minimum atomic E-state index is -0.319. The van der Waals surface area contributed by atoms with Crippen LogP contribution in [0.1, 0.15) is 29.5 Å². The lowest BCUT2D eigenvalue weighted by molar-refractivity contribution is 0.178. The summed E-state index contributed by atoms with van der Waals surface area (Å²) in [7, 11) is 0. The molecule has 4 heteroatoms. The van der Waals surface area contributed by atoms with Crippen molar-refractivity contribution in [2.75, 3.05) is 6.54 Å². The first kappa shape index (κ1) is 7.76. The van der Waals surface area contributed by atoms with Gasteiger partial charge in [0.05, 0.1) is 11.8 Å². The number of H-pyrrole nitrogens is 1. The van der Waals surface area contributed by atoms with Crippen LogP contribution in [-0.2, 0) is 12.8 Å². The zero-order chi connectivity index (χ0) is 8.55. The Balaban J connectivity index is 2.32. The van der Waals surface area contributed by atoms with E-state index in [1.807, 2.05) is 0 Å². The molecular weight excluding hydrogens is 154 g/mol. The molecule has 1 aromatic heterocycles. The standard InChI is InChI=1S/C8H13N3O/c9-4-3-6-8-5(10-11-6)1-2-7(8)12/h7,12H,1-4,9H2,(H,10,11). The van der Waals surface area contributed by atoms with E-state index in [2.05, 4.69) is 10.2 Å². The zero-order valence-corrected chi connectivity index (χ0v) is 6.88. The fourth-order valence-corrected chi connectivity index (χ4v) is 1.77. The molecule has 0 aromatic carbocycles. The van der Waals surface area contributed by atoms with E-state index in [1.165, 1.54) is 0 Å². The maximum atomic E-state index is 9.58. The zero-order valence-electron chi connectivity index (χ0n) is 6.88.